The predicted molar refractivity (Wildman–Crippen MR) is 148 cm³/mol. The lowest BCUT2D eigenvalue weighted by Gasteiger charge is -2.42. The Labute approximate surface area is 228 Å². The molecule has 0 unspecified atom stereocenters. The second-order valence-electron chi connectivity index (χ2n) is 9.86. The number of hydrogen-bond donors (Lipinski definition) is 2. The van der Waals surface area contributed by atoms with Gasteiger partial charge < -0.3 is 24.9 Å². The second-order valence-corrected chi connectivity index (χ2v) is 12.2. The van der Waals surface area contributed by atoms with Crippen molar-refractivity contribution in [1.82, 2.24) is 19.4 Å². The number of thiophene rings is 1. The lowest BCUT2D eigenvalue weighted by molar-refractivity contribution is 0.0973. The maximum absolute atomic E-state index is 10.2. The molecule has 1 spiro atoms. The van der Waals surface area contributed by atoms with Gasteiger partial charge in [-0.25, -0.2) is 15.0 Å². The van der Waals surface area contributed by atoms with Crippen LogP contribution in [0.25, 0.3) is 16.2 Å². The molecule has 2 aliphatic rings. The Bertz CT molecular complexity index is 1430. The number of halogens is 1. The molecule has 4 aromatic heterocycles. The monoisotopic (exact) mass is 556 g/mol. The molecule has 6 rings (SSSR count). The summed E-state index contributed by atoms with van der Waals surface area (Å²) in [5.74, 6) is 0.745. The van der Waals surface area contributed by atoms with Crippen LogP contribution in [0, 0.1) is 12.3 Å². The number of rotatable bonds is 5. The standard InChI is InChI=1S/C26H29ClN6O2S2/c1-15-25(37-20-5-8-33-12-17(19-4-3-11-36-19)30-24(33)21(20)27)31-18(13-34)23(29-15)32-9-6-26(7-10-32)14-35-16(2)22(26)28/h3-5,8,11-12,16,22,34H,6-7,9-10,13-14,28H2,1-2H3/t16-,22+/m0/s1. The van der Waals surface area contributed by atoms with Gasteiger partial charge in [-0.05, 0) is 44.2 Å². The van der Waals surface area contributed by atoms with Crippen molar-refractivity contribution in [2.24, 2.45) is 11.1 Å². The first-order chi connectivity index (χ1) is 17.9. The first-order valence-corrected chi connectivity index (χ1v) is 14.5. The zero-order valence-electron chi connectivity index (χ0n) is 20.7. The molecule has 0 saturated carbocycles. The van der Waals surface area contributed by atoms with Crippen molar-refractivity contribution in [1.29, 1.82) is 0 Å². The molecule has 2 fully saturated rings. The van der Waals surface area contributed by atoms with Crippen molar-refractivity contribution in [3.05, 3.63) is 52.4 Å². The maximum Gasteiger partial charge on any atom is 0.157 e. The van der Waals surface area contributed by atoms with E-state index in [-0.39, 0.29) is 24.2 Å². The van der Waals surface area contributed by atoms with Crippen LogP contribution in [0.1, 0.15) is 31.2 Å². The fourth-order valence-electron chi connectivity index (χ4n) is 5.34. The van der Waals surface area contributed by atoms with Crippen molar-refractivity contribution < 1.29 is 9.84 Å². The summed E-state index contributed by atoms with van der Waals surface area (Å²) in [5.41, 5.74) is 9.48. The van der Waals surface area contributed by atoms with Gasteiger partial charge in [0.25, 0.3) is 0 Å². The van der Waals surface area contributed by atoms with E-state index in [1.165, 1.54) is 11.8 Å². The molecule has 37 heavy (non-hydrogen) atoms. The first kappa shape index (κ1) is 25.1. The predicted octanol–water partition coefficient (Wildman–Crippen LogP) is 4.79. The van der Waals surface area contributed by atoms with Crippen LogP contribution >= 0.6 is 34.7 Å². The van der Waals surface area contributed by atoms with Gasteiger partial charge in [-0.15, -0.1) is 11.3 Å². The van der Waals surface area contributed by atoms with Crippen molar-refractivity contribution in [2.75, 3.05) is 24.6 Å². The van der Waals surface area contributed by atoms with Gasteiger partial charge in [0.05, 0.1) is 40.6 Å². The molecule has 194 valence electrons. The van der Waals surface area contributed by atoms with Gasteiger partial charge in [-0.2, -0.15) is 0 Å². The van der Waals surface area contributed by atoms with E-state index in [1.54, 1.807) is 11.3 Å². The van der Waals surface area contributed by atoms with E-state index in [0.29, 0.717) is 23.0 Å². The van der Waals surface area contributed by atoms with Gasteiger partial charge in [0, 0.05) is 41.8 Å². The third kappa shape index (κ3) is 4.43. The molecule has 2 aliphatic heterocycles. The number of nitrogens with two attached hydrogens (primary N) is 1. The van der Waals surface area contributed by atoms with Gasteiger partial charge in [-0.1, -0.05) is 29.4 Å². The summed E-state index contributed by atoms with van der Waals surface area (Å²) in [6.45, 7) is 6.16. The van der Waals surface area contributed by atoms with Crippen LogP contribution in [-0.4, -0.2) is 56.3 Å². The molecule has 11 heteroatoms. The average molecular weight is 557 g/mol. The van der Waals surface area contributed by atoms with Crippen molar-refractivity contribution in [3.63, 3.8) is 0 Å². The Morgan fingerprint density at radius 1 is 1.27 bits per heavy atom. The van der Waals surface area contributed by atoms with E-state index in [4.69, 9.17) is 37.0 Å². The van der Waals surface area contributed by atoms with Gasteiger partial charge in [-0.3, -0.25) is 0 Å². The number of nitrogens with zero attached hydrogens (tertiary/aromatic N) is 5. The number of pyridine rings is 1. The SMILES string of the molecule is Cc1nc(N2CCC3(CC2)CO[C@@H](C)[C@H]3N)c(CO)nc1Sc1ccn2cc(-c3cccs3)nc2c1Cl. The lowest BCUT2D eigenvalue weighted by atomic mass is 9.73. The lowest BCUT2D eigenvalue weighted by Crippen LogP contribution is -2.51. The quantitative estimate of drug-likeness (QED) is 0.362. The number of aromatic nitrogens is 4. The van der Waals surface area contributed by atoms with Gasteiger partial charge in [0.15, 0.2) is 11.5 Å². The summed E-state index contributed by atoms with van der Waals surface area (Å²) < 4.78 is 7.80. The van der Waals surface area contributed by atoms with Gasteiger partial charge in [0.1, 0.15) is 10.7 Å². The molecule has 3 N–H and O–H groups in total. The largest absolute Gasteiger partial charge is 0.390 e. The molecular formula is C26H29ClN6O2S2. The topological polar surface area (TPSA) is 102 Å². The van der Waals surface area contributed by atoms with Crippen LogP contribution in [0.3, 0.4) is 0 Å². The molecule has 6 heterocycles. The Hall–Kier alpha value is -2.21. The Morgan fingerprint density at radius 3 is 2.76 bits per heavy atom. The summed E-state index contributed by atoms with van der Waals surface area (Å²) in [6.07, 6.45) is 5.91. The van der Waals surface area contributed by atoms with Crippen LogP contribution in [-0.2, 0) is 11.3 Å². The van der Waals surface area contributed by atoms with E-state index >= 15 is 0 Å². The number of imidazole rings is 1. The number of aliphatic hydroxyl groups is 1. The molecule has 2 atom stereocenters. The summed E-state index contributed by atoms with van der Waals surface area (Å²) in [5, 5.41) is 13.5. The molecule has 8 nitrogen and oxygen atoms in total. The number of fused-ring (bicyclic) bond motifs is 1. The average Bonchev–Trinajstić information content (AvgIpc) is 3.65. The minimum absolute atomic E-state index is 0.0270. The first-order valence-electron chi connectivity index (χ1n) is 12.4. The molecule has 0 radical (unpaired) electrons. The van der Waals surface area contributed by atoms with E-state index < -0.39 is 0 Å². The van der Waals surface area contributed by atoms with E-state index in [1.807, 2.05) is 47.3 Å². The fraction of sp³-hybridized carbons (Fsp3) is 0.423. The molecule has 2 saturated heterocycles. The second kappa shape index (κ2) is 9.83. The van der Waals surface area contributed by atoms with Crippen LogP contribution in [0.2, 0.25) is 5.02 Å². The Balaban J connectivity index is 1.25. The van der Waals surface area contributed by atoms with E-state index in [2.05, 4.69) is 11.8 Å². The van der Waals surface area contributed by atoms with Crippen molar-refractivity contribution in [3.8, 4) is 10.6 Å². The number of anilines is 1. The van der Waals surface area contributed by atoms with E-state index in [0.717, 1.165) is 57.9 Å². The van der Waals surface area contributed by atoms with Crippen LogP contribution in [0.4, 0.5) is 5.82 Å². The highest BCUT2D eigenvalue weighted by Crippen LogP contribution is 2.43. The number of hydrogen-bond acceptors (Lipinski definition) is 9. The molecule has 0 bridgehead atoms. The summed E-state index contributed by atoms with van der Waals surface area (Å²) in [6, 6.07) is 6.07. The summed E-state index contributed by atoms with van der Waals surface area (Å²) in [7, 11) is 0. The zero-order valence-corrected chi connectivity index (χ0v) is 23.1. The number of aryl methyl sites for hydroxylation is 1. The van der Waals surface area contributed by atoms with Gasteiger partial charge in [0.2, 0.25) is 0 Å². The molecule has 0 aliphatic carbocycles. The van der Waals surface area contributed by atoms with Crippen LogP contribution < -0.4 is 10.6 Å². The zero-order chi connectivity index (χ0) is 25.7. The molecule has 0 aromatic carbocycles. The number of ether oxygens (including phenoxy) is 1. The van der Waals surface area contributed by atoms with Crippen LogP contribution in [0.15, 0.2) is 45.9 Å². The smallest absolute Gasteiger partial charge is 0.157 e. The van der Waals surface area contributed by atoms with Gasteiger partial charge >= 0.3 is 0 Å². The van der Waals surface area contributed by atoms with Crippen LogP contribution in [0.5, 0.6) is 0 Å². The normalized spacial score (nSPS) is 21.4. The minimum atomic E-state index is -0.186. The summed E-state index contributed by atoms with van der Waals surface area (Å²) >= 11 is 9.89. The third-order valence-electron chi connectivity index (χ3n) is 7.64. The summed E-state index contributed by atoms with van der Waals surface area (Å²) in [4.78, 5) is 18.6. The highest BCUT2D eigenvalue weighted by Gasteiger charge is 2.47. The maximum atomic E-state index is 10.2. The Morgan fingerprint density at radius 2 is 2.08 bits per heavy atom. The van der Waals surface area contributed by atoms with Crippen molar-refractivity contribution >= 4 is 46.2 Å². The number of piperidine rings is 1. The molecular weight excluding hydrogens is 528 g/mol. The molecule has 0 amide bonds. The third-order valence-corrected chi connectivity index (χ3v) is 10.2. The fourth-order valence-corrected chi connectivity index (χ4v) is 7.21. The molecule has 4 aromatic rings. The van der Waals surface area contributed by atoms with Crippen molar-refractivity contribution in [2.45, 2.75) is 55.4 Å². The highest BCUT2D eigenvalue weighted by atomic mass is 35.5. The highest BCUT2D eigenvalue weighted by molar-refractivity contribution is 7.99. The Kier molecular flexibility index (Phi) is 6.67. The minimum Gasteiger partial charge on any atom is -0.390 e. The number of aliphatic hydroxyl groups excluding tert-OH is 1. The van der Waals surface area contributed by atoms with E-state index in [9.17, 15) is 5.11 Å².